The lowest BCUT2D eigenvalue weighted by Crippen LogP contribution is -2.12. The third kappa shape index (κ3) is 6.65. The number of carboxylic acid groups (broad SMARTS) is 1. The molecule has 0 fully saturated rings. The van der Waals surface area contributed by atoms with Crippen molar-refractivity contribution < 1.29 is 24.1 Å². The van der Waals surface area contributed by atoms with Crippen LogP contribution in [0.4, 0.5) is 0 Å². The van der Waals surface area contributed by atoms with Gasteiger partial charge in [-0.3, -0.25) is 0 Å². The number of rotatable bonds is 9. The monoisotopic (exact) mass is 384 g/mol. The minimum atomic E-state index is -0.994. The first-order valence-corrected chi connectivity index (χ1v) is 9.33. The quantitative estimate of drug-likeness (QED) is 0.490. The lowest BCUT2D eigenvalue weighted by atomic mass is 9.87. The third-order valence-corrected chi connectivity index (χ3v) is 4.02. The highest BCUT2D eigenvalue weighted by atomic mass is 16.5. The molecule has 0 spiro atoms. The molecule has 0 aliphatic heterocycles. The maximum Gasteiger partial charge on any atom is 0.328 e. The van der Waals surface area contributed by atoms with Crippen LogP contribution < -0.4 is 14.2 Å². The lowest BCUT2D eigenvalue weighted by Gasteiger charge is -2.19. The highest BCUT2D eigenvalue weighted by molar-refractivity contribution is 5.85. The van der Waals surface area contributed by atoms with Crippen LogP contribution in [0.15, 0.2) is 48.5 Å². The van der Waals surface area contributed by atoms with Crippen LogP contribution in [0.2, 0.25) is 0 Å². The first-order chi connectivity index (χ1) is 13.3. The maximum atomic E-state index is 10.7. The third-order valence-electron chi connectivity index (χ3n) is 4.02. The minimum Gasteiger partial charge on any atom is -0.490 e. The molecule has 0 amide bonds. The van der Waals surface area contributed by atoms with Crippen LogP contribution in [0, 0.1) is 0 Å². The Bertz CT molecular complexity index is 801. The topological polar surface area (TPSA) is 65.0 Å². The van der Waals surface area contributed by atoms with E-state index >= 15 is 0 Å². The average molecular weight is 384 g/mol. The smallest absolute Gasteiger partial charge is 0.328 e. The van der Waals surface area contributed by atoms with Gasteiger partial charge in [0.05, 0.1) is 6.61 Å². The summed E-state index contributed by atoms with van der Waals surface area (Å²) in [5.74, 6) is 0.979. The Kier molecular flexibility index (Phi) is 7.50. The molecule has 0 saturated heterocycles. The predicted molar refractivity (Wildman–Crippen MR) is 110 cm³/mol. The molecule has 5 heteroatoms. The van der Waals surface area contributed by atoms with Crippen LogP contribution in [-0.4, -0.2) is 30.9 Å². The van der Waals surface area contributed by atoms with Crippen molar-refractivity contribution in [2.75, 3.05) is 19.8 Å². The standard InChI is InChI=1S/C23H28O5/c1-5-26-21-16-17(7-13-22(24)25)6-12-20(21)28-15-14-27-19-10-8-18(9-11-19)23(2,3)4/h6-13,16H,5,14-15H2,1-4H3,(H,24,25). The first-order valence-electron chi connectivity index (χ1n) is 9.33. The van der Waals surface area contributed by atoms with Gasteiger partial charge in [-0.25, -0.2) is 4.79 Å². The molecule has 0 aliphatic carbocycles. The van der Waals surface area contributed by atoms with Gasteiger partial charge in [0.25, 0.3) is 0 Å². The van der Waals surface area contributed by atoms with E-state index < -0.39 is 5.97 Å². The van der Waals surface area contributed by atoms with Crippen molar-refractivity contribution in [2.24, 2.45) is 0 Å². The molecular weight excluding hydrogens is 356 g/mol. The fraction of sp³-hybridized carbons (Fsp3) is 0.348. The second-order valence-corrected chi connectivity index (χ2v) is 7.28. The summed E-state index contributed by atoms with van der Waals surface area (Å²) < 4.78 is 17.1. The number of hydrogen-bond acceptors (Lipinski definition) is 4. The summed E-state index contributed by atoms with van der Waals surface area (Å²) in [5, 5.41) is 8.74. The fourth-order valence-electron chi connectivity index (χ4n) is 2.55. The molecule has 0 atom stereocenters. The van der Waals surface area contributed by atoms with Gasteiger partial charge in [-0.05, 0) is 53.8 Å². The number of ether oxygens (including phenoxy) is 3. The van der Waals surface area contributed by atoms with Gasteiger partial charge in [0.15, 0.2) is 11.5 Å². The molecule has 0 aromatic heterocycles. The second kappa shape index (κ2) is 9.83. The van der Waals surface area contributed by atoms with Crippen LogP contribution >= 0.6 is 0 Å². The van der Waals surface area contributed by atoms with Crippen LogP contribution in [-0.2, 0) is 10.2 Å². The molecule has 1 N–H and O–H groups in total. The Morgan fingerprint density at radius 3 is 2.25 bits per heavy atom. The van der Waals surface area contributed by atoms with Crippen molar-refractivity contribution in [3.8, 4) is 17.2 Å². The summed E-state index contributed by atoms with van der Waals surface area (Å²) in [6.07, 6.45) is 2.60. The summed E-state index contributed by atoms with van der Waals surface area (Å²) in [5.41, 5.74) is 2.10. The van der Waals surface area contributed by atoms with Gasteiger partial charge in [0.1, 0.15) is 19.0 Å². The zero-order chi connectivity index (χ0) is 20.6. The molecule has 0 aliphatic rings. The van der Waals surface area contributed by atoms with E-state index in [4.69, 9.17) is 19.3 Å². The Labute approximate surface area is 166 Å². The van der Waals surface area contributed by atoms with E-state index in [2.05, 4.69) is 32.9 Å². The number of carboxylic acids is 1. The Hall–Kier alpha value is -2.95. The molecular formula is C23H28O5. The number of benzene rings is 2. The predicted octanol–water partition coefficient (Wildman–Crippen LogP) is 4.94. The van der Waals surface area contributed by atoms with Crippen molar-refractivity contribution >= 4 is 12.0 Å². The van der Waals surface area contributed by atoms with E-state index in [1.165, 1.54) is 11.6 Å². The molecule has 5 nitrogen and oxygen atoms in total. The molecule has 2 aromatic carbocycles. The van der Waals surface area contributed by atoms with Crippen molar-refractivity contribution in [3.05, 3.63) is 59.7 Å². The van der Waals surface area contributed by atoms with E-state index in [1.807, 2.05) is 19.1 Å². The average Bonchev–Trinajstić information content (AvgIpc) is 2.64. The minimum absolute atomic E-state index is 0.114. The van der Waals surface area contributed by atoms with Gasteiger partial charge in [0.2, 0.25) is 0 Å². The Morgan fingerprint density at radius 1 is 0.964 bits per heavy atom. The van der Waals surface area contributed by atoms with Gasteiger partial charge in [0, 0.05) is 6.08 Å². The number of carbonyl (C=O) groups is 1. The normalized spacial score (nSPS) is 11.4. The Morgan fingerprint density at radius 2 is 1.64 bits per heavy atom. The van der Waals surface area contributed by atoms with E-state index in [0.717, 1.165) is 17.4 Å². The maximum absolute atomic E-state index is 10.7. The van der Waals surface area contributed by atoms with Crippen LogP contribution in [0.25, 0.3) is 6.08 Å². The fourth-order valence-corrected chi connectivity index (χ4v) is 2.55. The molecule has 28 heavy (non-hydrogen) atoms. The molecule has 2 aromatic rings. The van der Waals surface area contributed by atoms with Gasteiger partial charge >= 0.3 is 5.97 Å². The summed E-state index contributed by atoms with van der Waals surface area (Å²) in [6.45, 7) is 9.67. The molecule has 0 unspecified atom stereocenters. The summed E-state index contributed by atoms with van der Waals surface area (Å²) in [4.78, 5) is 10.7. The summed E-state index contributed by atoms with van der Waals surface area (Å²) in [6, 6.07) is 13.4. The zero-order valence-corrected chi connectivity index (χ0v) is 16.9. The first kappa shape index (κ1) is 21.4. The van der Waals surface area contributed by atoms with Gasteiger partial charge in [-0.1, -0.05) is 39.0 Å². The Balaban J connectivity index is 1.92. The highest BCUT2D eigenvalue weighted by Gasteiger charge is 2.13. The molecule has 150 valence electrons. The number of aliphatic carboxylic acids is 1. The molecule has 2 rings (SSSR count). The zero-order valence-electron chi connectivity index (χ0n) is 16.9. The second-order valence-electron chi connectivity index (χ2n) is 7.28. The number of hydrogen-bond donors (Lipinski definition) is 1. The molecule has 0 bridgehead atoms. The van der Waals surface area contributed by atoms with E-state index in [0.29, 0.717) is 31.3 Å². The summed E-state index contributed by atoms with van der Waals surface area (Å²) in [7, 11) is 0. The highest BCUT2D eigenvalue weighted by Crippen LogP contribution is 2.29. The molecule has 0 saturated carbocycles. The van der Waals surface area contributed by atoms with Crippen LogP contribution in [0.1, 0.15) is 38.8 Å². The van der Waals surface area contributed by atoms with Crippen molar-refractivity contribution in [3.63, 3.8) is 0 Å². The lowest BCUT2D eigenvalue weighted by molar-refractivity contribution is -0.131. The van der Waals surface area contributed by atoms with Crippen LogP contribution in [0.5, 0.6) is 17.2 Å². The van der Waals surface area contributed by atoms with E-state index in [9.17, 15) is 4.79 Å². The van der Waals surface area contributed by atoms with E-state index in [-0.39, 0.29) is 5.41 Å². The summed E-state index contributed by atoms with van der Waals surface area (Å²) >= 11 is 0. The van der Waals surface area contributed by atoms with Gasteiger partial charge in [-0.15, -0.1) is 0 Å². The largest absolute Gasteiger partial charge is 0.490 e. The van der Waals surface area contributed by atoms with Gasteiger partial charge < -0.3 is 19.3 Å². The molecule has 0 heterocycles. The van der Waals surface area contributed by atoms with Gasteiger partial charge in [-0.2, -0.15) is 0 Å². The molecule has 0 radical (unpaired) electrons. The van der Waals surface area contributed by atoms with Crippen LogP contribution in [0.3, 0.4) is 0 Å². The SMILES string of the molecule is CCOc1cc(C=CC(=O)O)ccc1OCCOc1ccc(C(C)(C)C)cc1. The van der Waals surface area contributed by atoms with E-state index in [1.54, 1.807) is 18.2 Å². The van der Waals surface area contributed by atoms with Crippen molar-refractivity contribution in [1.29, 1.82) is 0 Å². The van der Waals surface area contributed by atoms with Crippen molar-refractivity contribution in [1.82, 2.24) is 0 Å². The van der Waals surface area contributed by atoms with Crippen molar-refractivity contribution in [2.45, 2.75) is 33.1 Å².